The predicted molar refractivity (Wildman–Crippen MR) is 95.9 cm³/mol. The molecule has 0 unspecified atom stereocenters. The van der Waals surface area contributed by atoms with E-state index in [2.05, 4.69) is 19.2 Å². The molecule has 1 aromatic carbocycles. The second-order valence-corrected chi connectivity index (χ2v) is 8.04. The fraction of sp³-hybridized carbons (Fsp3) is 0.550. The van der Waals surface area contributed by atoms with Gasteiger partial charge in [0, 0.05) is 18.0 Å². The van der Waals surface area contributed by atoms with Gasteiger partial charge >= 0.3 is 0 Å². The third-order valence-corrected chi connectivity index (χ3v) is 6.30. The van der Waals surface area contributed by atoms with Gasteiger partial charge in [0.05, 0.1) is 5.69 Å². The number of amides is 3. The quantitative estimate of drug-likeness (QED) is 0.784. The number of imide groups is 1. The number of fused-ring (bicyclic) bond motifs is 4. The highest BCUT2D eigenvalue weighted by Gasteiger charge is 2.74. The summed E-state index contributed by atoms with van der Waals surface area (Å²) in [5.41, 5.74) is 0.565. The number of carbonyl (C=O) groups excluding carboxylic acids is 3. The van der Waals surface area contributed by atoms with Crippen LogP contribution in [0.4, 0.5) is 5.69 Å². The summed E-state index contributed by atoms with van der Waals surface area (Å²) in [6.45, 7) is 6.61. The first-order valence-electron chi connectivity index (χ1n) is 9.55. The predicted octanol–water partition coefficient (Wildman–Crippen LogP) is 0.837. The number of para-hydroxylation sites is 1. The van der Waals surface area contributed by atoms with Gasteiger partial charge in [-0.3, -0.25) is 19.3 Å². The molecular weight excluding hydrogens is 330 g/mol. The van der Waals surface area contributed by atoms with Crippen molar-refractivity contribution >= 4 is 23.4 Å². The van der Waals surface area contributed by atoms with Crippen molar-refractivity contribution in [3.63, 3.8) is 0 Å². The summed E-state index contributed by atoms with van der Waals surface area (Å²) in [6, 6.07) is 7.46. The number of quaternary nitrogens is 1. The van der Waals surface area contributed by atoms with Gasteiger partial charge in [-0.05, 0) is 12.5 Å². The summed E-state index contributed by atoms with van der Waals surface area (Å²) >= 11 is 0. The number of anilines is 1. The summed E-state index contributed by atoms with van der Waals surface area (Å²) in [6.07, 6.45) is 1.71. The molecule has 0 radical (unpaired) electrons. The highest BCUT2D eigenvalue weighted by Crippen LogP contribution is 2.49. The first-order chi connectivity index (χ1) is 12.4. The zero-order chi connectivity index (χ0) is 18.6. The summed E-state index contributed by atoms with van der Waals surface area (Å²) < 4.78 is 0. The second kappa shape index (κ2) is 5.91. The van der Waals surface area contributed by atoms with Crippen LogP contribution in [0.25, 0.3) is 0 Å². The Morgan fingerprint density at radius 1 is 1.19 bits per heavy atom. The Morgan fingerprint density at radius 2 is 1.92 bits per heavy atom. The molecule has 6 nitrogen and oxygen atoms in total. The van der Waals surface area contributed by atoms with Gasteiger partial charge in [-0.25, -0.2) is 0 Å². The minimum absolute atomic E-state index is 0.0833. The molecule has 2 fully saturated rings. The summed E-state index contributed by atoms with van der Waals surface area (Å²) in [4.78, 5) is 41.0. The Morgan fingerprint density at radius 3 is 2.62 bits per heavy atom. The van der Waals surface area contributed by atoms with Crippen molar-refractivity contribution in [2.45, 2.75) is 45.2 Å². The van der Waals surface area contributed by atoms with Crippen molar-refractivity contribution in [3.8, 4) is 0 Å². The van der Waals surface area contributed by atoms with E-state index in [0.29, 0.717) is 6.54 Å². The zero-order valence-corrected chi connectivity index (χ0v) is 15.5. The largest absolute Gasteiger partial charge is 0.326 e. The molecule has 26 heavy (non-hydrogen) atoms. The molecule has 3 heterocycles. The molecule has 0 saturated carbocycles. The fourth-order valence-electron chi connectivity index (χ4n) is 5.05. The van der Waals surface area contributed by atoms with Gasteiger partial charge in [0.2, 0.25) is 17.4 Å². The molecule has 4 rings (SSSR count). The highest BCUT2D eigenvalue weighted by atomic mass is 16.2. The number of rotatable bonds is 4. The molecule has 1 aromatic rings. The van der Waals surface area contributed by atoms with Gasteiger partial charge in [-0.1, -0.05) is 45.4 Å². The monoisotopic (exact) mass is 356 g/mol. The highest BCUT2D eigenvalue weighted by molar-refractivity contribution is 6.13. The lowest BCUT2D eigenvalue weighted by molar-refractivity contribution is -0.738. The number of hydrogen-bond donors (Lipinski definition) is 2. The zero-order valence-electron chi connectivity index (χ0n) is 15.5. The Bertz CT molecular complexity index is 790. The Hall–Kier alpha value is -2.21. The van der Waals surface area contributed by atoms with Gasteiger partial charge < -0.3 is 10.6 Å². The number of likely N-dealkylation sites (tertiary alicyclic amines) is 1. The Labute approximate surface area is 153 Å². The van der Waals surface area contributed by atoms with Gasteiger partial charge in [0.15, 0.2) is 0 Å². The van der Waals surface area contributed by atoms with Crippen molar-refractivity contribution in [1.82, 2.24) is 4.90 Å². The number of unbranched alkanes of at least 4 members (excludes halogenated alkanes) is 1. The smallest absolute Gasteiger partial charge is 0.291 e. The first-order valence-corrected chi connectivity index (χ1v) is 9.55. The van der Waals surface area contributed by atoms with Crippen molar-refractivity contribution in [2.75, 3.05) is 11.9 Å². The van der Waals surface area contributed by atoms with Crippen LogP contribution in [-0.2, 0) is 19.9 Å². The van der Waals surface area contributed by atoms with Crippen LogP contribution in [0.5, 0.6) is 0 Å². The lowest BCUT2D eigenvalue weighted by Crippen LogP contribution is -2.99. The molecule has 3 aliphatic rings. The van der Waals surface area contributed by atoms with Crippen LogP contribution in [0.15, 0.2) is 24.3 Å². The summed E-state index contributed by atoms with van der Waals surface area (Å²) in [7, 11) is 0. The van der Waals surface area contributed by atoms with Crippen LogP contribution in [-0.4, -0.2) is 35.2 Å². The molecule has 4 atom stereocenters. The lowest BCUT2D eigenvalue weighted by atomic mass is 9.76. The maximum absolute atomic E-state index is 13.3. The molecule has 1 spiro atoms. The molecule has 3 amide bonds. The van der Waals surface area contributed by atoms with Crippen molar-refractivity contribution in [1.29, 1.82) is 0 Å². The maximum atomic E-state index is 13.3. The van der Waals surface area contributed by atoms with Gasteiger partial charge in [-0.2, -0.15) is 0 Å². The van der Waals surface area contributed by atoms with Crippen LogP contribution in [0.2, 0.25) is 0 Å². The summed E-state index contributed by atoms with van der Waals surface area (Å²) in [5, 5.41) is 4.94. The second-order valence-electron chi connectivity index (χ2n) is 8.04. The maximum Gasteiger partial charge on any atom is 0.291 e. The van der Waals surface area contributed by atoms with E-state index in [4.69, 9.17) is 0 Å². The van der Waals surface area contributed by atoms with Gasteiger partial charge in [0.25, 0.3) is 5.91 Å². The van der Waals surface area contributed by atoms with E-state index in [-0.39, 0.29) is 29.7 Å². The van der Waals surface area contributed by atoms with Gasteiger partial charge in [-0.15, -0.1) is 0 Å². The van der Waals surface area contributed by atoms with Crippen molar-refractivity contribution in [3.05, 3.63) is 29.8 Å². The minimum Gasteiger partial charge on any atom is -0.326 e. The third kappa shape index (κ3) is 2.05. The molecule has 6 heteroatoms. The average molecular weight is 356 g/mol. The number of nitrogens with two attached hydrogens (primary N) is 1. The number of carbonyl (C=O) groups is 3. The Balaban J connectivity index is 1.85. The Kier molecular flexibility index (Phi) is 3.91. The van der Waals surface area contributed by atoms with Crippen molar-refractivity contribution in [2.24, 2.45) is 17.8 Å². The SMILES string of the molecule is CCCCN1C(=O)[C@H]2[C@@H](C1=O)[C@@]1([NH2+][C@H]2C(C)C)C(=O)Nc2ccccc21. The third-order valence-electron chi connectivity index (χ3n) is 6.30. The molecule has 0 aliphatic carbocycles. The number of hydrogen-bond acceptors (Lipinski definition) is 3. The summed E-state index contributed by atoms with van der Waals surface area (Å²) in [5.74, 6) is -1.32. The van der Waals surface area contributed by atoms with E-state index in [1.165, 1.54) is 4.90 Å². The molecule has 138 valence electrons. The molecule has 0 aromatic heterocycles. The van der Waals surface area contributed by atoms with E-state index in [9.17, 15) is 14.4 Å². The van der Waals surface area contributed by atoms with E-state index < -0.39 is 17.4 Å². The first kappa shape index (κ1) is 17.2. The van der Waals surface area contributed by atoms with Crippen LogP contribution < -0.4 is 10.6 Å². The number of nitrogens with one attached hydrogen (secondary N) is 1. The molecule has 3 N–H and O–H groups in total. The molecule has 3 aliphatic heterocycles. The van der Waals surface area contributed by atoms with E-state index in [1.807, 2.05) is 36.5 Å². The lowest BCUT2D eigenvalue weighted by Gasteiger charge is -2.27. The number of benzene rings is 1. The van der Waals surface area contributed by atoms with E-state index in [1.54, 1.807) is 0 Å². The van der Waals surface area contributed by atoms with Crippen LogP contribution in [0, 0.1) is 17.8 Å². The average Bonchev–Trinajstić information content (AvgIpc) is 3.20. The van der Waals surface area contributed by atoms with Crippen LogP contribution in [0.1, 0.15) is 39.2 Å². The number of nitrogens with zero attached hydrogens (tertiary/aromatic N) is 1. The molecule has 0 bridgehead atoms. The van der Waals surface area contributed by atoms with Crippen LogP contribution in [0.3, 0.4) is 0 Å². The van der Waals surface area contributed by atoms with E-state index >= 15 is 0 Å². The topological polar surface area (TPSA) is 83.1 Å². The van der Waals surface area contributed by atoms with Crippen LogP contribution >= 0.6 is 0 Å². The normalized spacial score (nSPS) is 32.5. The fourth-order valence-corrected chi connectivity index (χ4v) is 5.05. The van der Waals surface area contributed by atoms with Crippen molar-refractivity contribution < 1.29 is 19.7 Å². The minimum atomic E-state index is -1.02. The molecular formula is C20H26N3O3+. The van der Waals surface area contributed by atoms with Gasteiger partial charge in [0.1, 0.15) is 17.9 Å². The standard InChI is InChI=1S/C20H25N3O3/c1-4-5-10-23-17(24)14-15(18(23)25)20(22-16(14)11(2)3)12-8-6-7-9-13(12)21-19(20)26/h6-9,11,14-16,22H,4-5,10H2,1-3H3,(H,21,26)/p+1/t14-,15-,16-,20+/m0/s1. The van der Waals surface area contributed by atoms with E-state index in [0.717, 1.165) is 24.1 Å². The molecule has 2 saturated heterocycles.